The van der Waals surface area contributed by atoms with Crippen LogP contribution in [0.4, 0.5) is 16.2 Å². The van der Waals surface area contributed by atoms with Gasteiger partial charge in [-0.3, -0.25) is 9.59 Å². The molecule has 2 N–H and O–H groups in total. The number of amides is 3. The van der Waals surface area contributed by atoms with E-state index >= 15 is 0 Å². The van der Waals surface area contributed by atoms with E-state index in [1.165, 1.54) is 20.6 Å². The first-order valence-corrected chi connectivity index (χ1v) is 15.7. The maximum atomic E-state index is 13.9. The van der Waals surface area contributed by atoms with Crippen LogP contribution in [0.25, 0.3) is 0 Å². The van der Waals surface area contributed by atoms with E-state index in [0.29, 0.717) is 34.7 Å². The number of hydrogen-bond donors (Lipinski definition) is 2. The first-order chi connectivity index (χ1) is 20.9. The normalized spacial score (nSPS) is 25.0. The number of para-hydroxylation sites is 1. The fourth-order valence-corrected chi connectivity index (χ4v) is 7.22. The zero-order valence-corrected chi connectivity index (χ0v) is 25.7. The summed E-state index contributed by atoms with van der Waals surface area (Å²) in [6.45, 7) is 0.527. The summed E-state index contributed by atoms with van der Waals surface area (Å²) >= 11 is 6.16. The number of esters is 1. The Labute approximate surface area is 258 Å². The quantitative estimate of drug-likeness (QED) is 0.316. The summed E-state index contributed by atoms with van der Waals surface area (Å²) in [4.78, 5) is 40.5. The van der Waals surface area contributed by atoms with Gasteiger partial charge in [-0.2, -0.15) is 0 Å². The highest BCUT2D eigenvalue weighted by atomic mass is 35.5. The second-order valence-corrected chi connectivity index (χ2v) is 12.3. The van der Waals surface area contributed by atoms with Crippen LogP contribution in [0.15, 0.2) is 42.5 Å². The molecule has 10 heteroatoms. The third kappa shape index (κ3) is 7.62. The van der Waals surface area contributed by atoms with Crippen LogP contribution in [0.1, 0.15) is 63.4 Å². The average molecular weight is 612 g/mol. The first kappa shape index (κ1) is 31.1. The molecule has 2 aromatic rings. The number of hydrogen-bond acceptors (Lipinski definition) is 6. The van der Waals surface area contributed by atoms with Crippen molar-refractivity contribution in [3.8, 4) is 5.75 Å². The number of nitrogens with one attached hydrogen (secondary N) is 2. The molecule has 5 rings (SSSR count). The predicted molar refractivity (Wildman–Crippen MR) is 166 cm³/mol. The molecule has 9 nitrogen and oxygen atoms in total. The number of benzene rings is 2. The lowest BCUT2D eigenvalue weighted by atomic mass is 9.84. The van der Waals surface area contributed by atoms with Gasteiger partial charge in [0, 0.05) is 6.04 Å². The minimum absolute atomic E-state index is 0.0346. The smallest absolute Gasteiger partial charge is 0.323 e. The number of rotatable bonds is 9. The van der Waals surface area contributed by atoms with Crippen molar-refractivity contribution in [2.45, 2.75) is 82.4 Å². The molecule has 0 radical (unpaired) electrons. The maximum Gasteiger partial charge on any atom is 0.323 e. The predicted octanol–water partition coefficient (Wildman–Crippen LogP) is 6.44. The van der Waals surface area contributed by atoms with Crippen molar-refractivity contribution in [2.75, 3.05) is 31.5 Å². The molecule has 0 spiro atoms. The molecule has 2 aliphatic carbocycles. The van der Waals surface area contributed by atoms with Gasteiger partial charge in [-0.05, 0) is 80.7 Å². The summed E-state index contributed by atoms with van der Waals surface area (Å²) in [5.41, 5.74) is 1.81. The summed E-state index contributed by atoms with van der Waals surface area (Å²) in [7, 11) is 2.98. The number of halogens is 1. The first-order valence-electron chi connectivity index (χ1n) is 15.4. The zero-order valence-electron chi connectivity index (χ0n) is 25.0. The van der Waals surface area contributed by atoms with E-state index < -0.39 is 6.03 Å². The molecule has 1 saturated heterocycles. The highest BCUT2D eigenvalue weighted by molar-refractivity contribution is 6.33. The molecule has 1 aliphatic heterocycles. The van der Waals surface area contributed by atoms with Crippen molar-refractivity contribution in [3.63, 3.8) is 0 Å². The Bertz CT molecular complexity index is 1300. The molecule has 2 saturated carbocycles. The van der Waals surface area contributed by atoms with E-state index in [2.05, 4.69) is 15.5 Å². The SMILES string of the molecule is COc1cc(CC(=O)N2C3CCCCC3C[C@H]2CO[C@H]2CC[C@@H](C(=O)OC)CC2)ccc1NC(=O)Nc1ccccc1Cl. The largest absolute Gasteiger partial charge is 0.495 e. The molecule has 3 fully saturated rings. The Morgan fingerprint density at radius 3 is 2.42 bits per heavy atom. The highest BCUT2D eigenvalue weighted by Crippen LogP contribution is 2.41. The third-order valence-electron chi connectivity index (χ3n) is 9.21. The van der Waals surface area contributed by atoms with Gasteiger partial charge in [0.1, 0.15) is 5.75 Å². The second kappa shape index (κ2) is 14.4. The highest BCUT2D eigenvalue weighted by Gasteiger charge is 2.44. The van der Waals surface area contributed by atoms with E-state index in [4.69, 9.17) is 25.8 Å². The fourth-order valence-electron chi connectivity index (χ4n) is 7.03. The third-order valence-corrected chi connectivity index (χ3v) is 9.54. The van der Waals surface area contributed by atoms with Crippen molar-refractivity contribution in [2.24, 2.45) is 11.8 Å². The van der Waals surface area contributed by atoms with Crippen molar-refractivity contribution in [1.82, 2.24) is 4.90 Å². The Kier molecular flexibility index (Phi) is 10.5. The standard InChI is InChI=1S/C33H42ClN3O6/c1-41-30-17-21(11-16-28(30)36-33(40)35-27-9-5-4-8-26(27)34)18-31(38)37-24(19-23-7-3-6-10-29(23)37)20-43-25-14-12-22(13-15-25)32(39)42-2/h4-5,8-9,11,16-17,22-25,29H,3,6-7,10,12-15,18-20H2,1-2H3,(H2,35,36,40)/t22-,23?,24-,25+,29?/m0/s1. The van der Waals surface area contributed by atoms with Crippen LogP contribution in [0, 0.1) is 11.8 Å². The van der Waals surface area contributed by atoms with Crippen molar-refractivity contribution in [1.29, 1.82) is 0 Å². The minimum Gasteiger partial charge on any atom is -0.495 e. The summed E-state index contributed by atoms with van der Waals surface area (Å²) in [6.07, 6.45) is 9.10. The van der Waals surface area contributed by atoms with Crippen LogP contribution in [-0.2, 0) is 25.5 Å². The maximum absolute atomic E-state index is 13.9. The lowest BCUT2D eigenvalue weighted by Gasteiger charge is -2.35. The van der Waals surface area contributed by atoms with Crippen molar-refractivity contribution in [3.05, 3.63) is 53.1 Å². The van der Waals surface area contributed by atoms with Gasteiger partial charge in [0.15, 0.2) is 0 Å². The number of anilines is 2. The van der Waals surface area contributed by atoms with Gasteiger partial charge in [-0.1, -0.05) is 42.6 Å². The van der Waals surface area contributed by atoms with Crippen LogP contribution in [0.3, 0.4) is 0 Å². The molecule has 43 heavy (non-hydrogen) atoms. The number of likely N-dealkylation sites (tertiary alicyclic amines) is 1. The van der Waals surface area contributed by atoms with E-state index in [1.54, 1.807) is 30.3 Å². The summed E-state index contributed by atoms with van der Waals surface area (Å²) in [5, 5.41) is 5.99. The van der Waals surface area contributed by atoms with Crippen LogP contribution in [0.2, 0.25) is 5.02 Å². The Balaban J connectivity index is 1.21. The molecule has 2 unspecified atom stereocenters. The summed E-state index contributed by atoms with van der Waals surface area (Å²) in [6, 6.07) is 12.3. The minimum atomic E-state index is -0.447. The molecule has 3 atom stereocenters. The molecule has 3 amide bonds. The number of urea groups is 1. The van der Waals surface area contributed by atoms with E-state index in [9.17, 15) is 14.4 Å². The topological polar surface area (TPSA) is 106 Å². The molecule has 3 aliphatic rings. The van der Waals surface area contributed by atoms with Crippen molar-refractivity contribution < 1.29 is 28.6 Å². The van der Waals surface area contributed by atoms with Crippen LogP contribution < -0.4 is 15.4 Å². The molecular weight excluding hydrogens is 570 g/mol. The number of ether oxygens (including phenoxy) is 3. The lowest BCUT2D eigenvalue weighted by Crippen LogP contribution is -2.46. The summed E-state index contributed by atoms with van der Waals surface area (Å²) < 4.78 is 16.9. The average Bonchev–Trinajstić information content (AvgIpc) is 3.40. The van der Waals surface area contributed by atoms with Gasteiger partial charge in [-0.25, -0.2) is 4.79 Å². The fraction of sp³-hybridized carbons (Fsp3) is 0.545. The van der Waals surface area contributed by atoms with Crippen LogP contribution in [-0.4, -0.2) is 61.8 Å². The van der Waals surface area contributed by atoms with Crippen LogP contribution in [0.5, 0.6) is 5.75 Å². The Morgan fingerprint density at radius 2 is 1.67 bits per heavy atom. The lowest BCUT2D eigenvalue weighted by molar-refractivity contribution is -0.148. The van der Waals surface area contributed by atoms with Crippen molar-refractivity contribution >= 4 is 40.9 Å². The van der Waals surface area contributed by atoms with Gasteiger partial charge in [0.05, 0.1) is 61.7 Å². The molecule has 2 aromatic carbocycles. The molecule has 0 bridgehead atoms. The van der Waals surface area contributed by atoms with Gasteiger partial charge in [0.25, 0.3) is 0 Å². The molecule has 1 heterocycles. The van der Waals surface area contributed by atoms with Gasteiger partial charge in [0.2, 0.25) is 5.91 Å². The monoisotopic (exact) mass is 611 g/mol. The Morgan fingerprint density at radius 1 is 0.930 bits per heavy atom. The number of fused-ring (bicyclic) bond motifs is 1. The second-order valence-electron chi connectivity index (χ2n) is 11.9. The van der Waals surface area contributed by atoms with E-state index in [1.807, 2.05) is 12.1 Å². The van der Waals surface area contributed by atoms with E-state index in [0.717, 1.165) is 56.9 Å². The molecule has 232 valence electrons. The van der Waals surface area contributed by atoms with Gasteiger partial charge >= 0.3 is 12.0 Å². The number of nitrogens with zero attached hydrogens (tertiary/aromatic N) is 1. The van der Waals surface area contributed by atoms with Gasteiger partial charge < -0.3 is 29.7 Å². The number of carbonyl (C=O) groups is 3. The zero-order chi connectivity index (χ0) is 30.3. The van der Waals surface area contributed by atoms with Crippen LogP contribution >= 0.6 is 11.6 Å². The van der Waals surface area contributed by atoms with Gasteiger partial charge in [-0.15, -0.1) is 0 Å². The van der Waals surface area contributed by atoms with E-state index in [-0.39, 0.29) is 42.4 Å². The summed E-state index contributed by atoms with van der Waals surface area (Å²) in [5.74, 6) is 0.915. The number of methoxy groups -OCH3 is 2. The molecular formula is C33H42ClN3O6. The molecule has 0 aromatic heterocycles. The Hall–Kier alpha value is -3.30. The number of carbonyl (C=O) groups excluding carboxylic acids is 3.